The molecule has 0 bridgehead atoms. The second-order valence-electron chi connectivity index (χ2n) is 4.76. The number of carbonyl (C=O) groups excluding carboxylic acids is 1. The highest BCUT2D eigenvalue weighted by molar-refractivity contribution is 5.76. The Balaban J connectivity index is 2.09. The SMILES string of the molecule is O=Cc1cc(-c2ccncc2)n(-c2ccc(C(F)(F)F)cc2)n1. The maximum absolute atomic E-state index is 12.6. The first-order valence-electron chi connectivity index (χ1n) is 6.62. The molecular weight excluding hydrogens is 307 g/mol. The number of pyridine rings is 1. The number of nitrogens with zero attached hydrogens (tertiary/aromatic N) is 3. The number of hydrogen-bond acceptors (Lipinski definition) is 3. The van der Waals surface area contributed by atoms with E-state index in [0.717, 1.165) is 17.7 Å². The summed E-state index contributed by atoms with van der Waals surface area (Å²) in [5, 5.41) is 4.11. The zero-order valence-corrected chi connectivity index (χ0v) is 11.7. The number of aldehydes is 1. The molecule has 23 heavy (non-hydrogen) atoms. The van der Waals surface area contributed by atoms with Crippen LogP contribution in [0.15, 0.2) is 54.9 Å². The molecule has 0 aliphatic carbocycles. The highest BCUT2D eigenvalue weighted by Crippen LogP contribution is 2.30. The molecule has 0 radical (unpaired) electrons. The maximum atomic E-state index is 12.6. The van der Waals surface area contributed by atoms with E-state index >= 15 is 0 Å². The lowest BCUT2D eigenvalue weighted by atomic mass is 10.1. The Bertz CT molecular complexity index is 824. The molecule has 4 nitrogen and oxygen atoms in total. The van der Waals surface area contributed by atoms with E-state index in [1.807, 2.05) is 0 Å². The predicted molar refractivity (Wildman–Crippen MR) is 77.2 cm³/mol. The average molecular weight is 317 g/mol. The number of hydrogen-bond donors (Lipinski definition) is 0. The molecule has 0 amide bonds. The Morgan fingerprint density at radius 1 is 1.00 bits per heavy atom. The van der Waals surface area contributed by atoms with Crippen molar-refractivity contribution >= 4 is 6.29 Å². The molecule has 0 aliphatic heterocycles. The minimum atomic E-state index is -4.40. The third-order valence-electron chi connectivity index (χ3n) is 3.26. The first-order valence-corrected chi connectivity index (χ1v) is 6.62. The van der Waals surface area contributed by atoms with Crippen LogP contribution in [0.4, 0.5) is 13.2 Å². The Morgan fingerprint density at radius 2 is 1.65 bits per heavy atom. The van der Waals surface area contributed by atoms with E-state index < -0.39 is 11.7 Å². The molecule has 1 aromatic carbocycles. The number of halogens is 3. The Labute approximate surface area is 129 Å². The van der Waals surface area contributed by atoms with Crippen LogP contribution in [0.2, 0.25) is 0 Å². The molecule has 0 spiro atoms. The minimum absolute atomic E-state index is 0.191. The molecule has 0 N–H and O–H groups in total. The number of benzene rings is 1. The summed E-state index contributed by atoms with van der Waals surface area (Å²) in [4.78, 5) is 14.9. The van der Waals surface area contributed by atoms with Crippen LogP contribution in [0.3, 0.4) is 0 Å². The van der Waals surface area contributed by atoms with E-state index in [1.54, 1.807) is 30.6 Å². The Hall–Kier alpha value is -2.96. The van der Waals surface area contributed by atoms with E-state index in [0.29, 0.717) is 17.7 Å². The van der Waals surface area contributed by atoms with Gasteiger partial charge >= 0.3 is 6.18 Å². The van der Waals surface area contributed by atoms with Gasteiger partial charge < -0.3 is 0 Å². The summed E-state index contributed by atoms with van der Waals surface area (Å²) in [5.74, 6) is 0. The van der Waals surface area contributed by atoms with E-state index in [9.17, 15) is 18.0 Å². The van der Waals surface area contributed by atoms with Crippen molar-refractivity contribution < 1.29 is 18.0 Å². The number of alkyl halides is 3. The van der Waals surface area contributed by atoms with Gasteiger partial charge in [0.1, 0.15) is 5.69 Å². The molecule has 3 rings (SSSR count). The van der Waals surface area contributed by atoms with Crippen LogP contribution in [0, 0.1) is 0 Å². The largest absolute Gasteiger partial charge is 0.416 e. The fraction of sp³-hybridized carbons (Fsp3) is 0.0625. The Kier molecular flexibility index (Phi) is 3.69. The topological polar surface area (TPSA) is 47.8 Å². The normalized spacial score (nSPS) is 11.4. The van der Waals surface area contributed by atoms with E-state index in [1.165, 1.54) is 16.8 Å². The second-order valence-corrected chi connectivity index (χ2v) is 4.76. The lowest BCUT2D eigenvalue weighted by molar-refractivity contribution is -0.137. The predicted octanol–water partition coefficient (Wildman–Crippen LogP) is 3.77. The van der Waals surface area contributed by atoms with Crippen molar-refractivity contribution in [1.29, 1.82) is 0 Å². The van der Waals surface area contributed by atoms with E-state index in [4.69, 9.17) is 0 Å². The zero-order valence-electron chi connectivity index (χ0n) is 11.7. The molecule has 2 aromatic heterocycles. The summed E-state index contributed by atoms with van der Waals surface area (Å²) < 4.78 is 39.4. The van der Waals surface area contributed by atoms with Gasteiger partial charge in [0.2, 0.25) is 0 Å². The molecule has 0 saturated carbocycles. The Morgan fingerprint density at radius 3 is 2.22 bits per heavy atom. The molecule has 116 valence electrons. The van der Waals surface area contributed by atoms with Crippen molar-refractivity contribution in [2.24, 2.45) is 0 Å². The highest BCUT2D eigenvalue weighted by atomic mass is 19.4. The zero-order chi connectivity index (χ0) is 16.4. The molecule has 0 unspecified atom stereocenters. The van der Waals surface area contributed by atoms with Crippen LogP contribution < -0.4 is 0 Å². The van der Waals surface area contributed by atoms with Crippen molar-refractivity contribution in [2.45, 2.75) is 6.18 Å². The number of aromatic nitrogens is 3. The van der Waals surface area contributed by atoms with Crippen molar-refractivity contribution in [3.05, 3.63) is 66.1 Å². The molecule has 7 heteroatoms. The van der Waals surface area contributed by atoms with Gasteiger partial charge in [0, 0.05) is 18.0 Å². The van der Waals surface area contributed by atoms with Crippen LogP contribution in [-0.2, 0) is 6.18 Å². The fourth-order valence-corrected chi connectivity index (χ4v) is 2.17. The van der Waals surface area contributed by atoms with Crippen LogP contribution in [0.25, 0.3) is 16.9 Å². The van der Waals surface area contributed by atoms with Crippen molar-refractivity contribution in [1.82, 2.24) is 14.8 Å². The summed E-state index contributed by atoms with van der Waals surface area (Å²) in [6.07, 6.45) is -0.643. The summed E-state index contributed by atoms with van der Waals surface area (Å²) in [6, 6.07) is 9.62. The van der Waals surface area contributed by atoms with Crippen molar-refractivity contribution in [3.63, 3.8) is 0 Å². The third-order valence-corrected chi connectivity index (χ3v) is 3.26. The number of carbonyl (C=O) groups is 1. The van der Waals surface area contributed by atoms with Gasteiger partial charge in [-0.3, -0.25) is 9.78 Å². The summed E-state index contributed by atoms with van der Waals surface area (Å²) in [5.41, 5.74) is 1.22. The lowest BCUT2D eigenvalue weighted by Crippen LogP contribution is -2.06. The van der Waals surface area contributed by atoms with Gasteiger partial charge in [-0.25, -0.2) is 4.68 Å². The third kappa shape index (κ3) is 2.98. The molecular formula is C16H10F3N3O. The van der Waals surface area contributed by atoms with E-state index in [2.05, 4.69) is 10.1 Å². The average Bonchev–Trinajstić information content (AvgIpc) is 2.99. The smallest absolute Gasteiger partial charge is 0.296 e. The van der Waals surface area contributed by atoms with Gasteiger partial charge in [0.05, 0.1) is 16.9 Å². The summed E-state index contributed by atoms with van der Waals surface area (Å²) in [7, 11) is 0. The van der Waals surface area contributed by atoms with Crippen molar-refractivity contribution in [2.75, 3.05) is 0 Å². The van der Waals surface area contributed by atoms with Gasteiger partial charge in [-0.2, -0.15) is 18.3 Å². The summed E-state index contributed by atoms with van der Waals surface area (Å²) in [6.45, 7) is 0. The molecule has 3 aromatic rings. The van der Waals surface area contributed by atoms with Crippen LogP contribution in [0.5, 0.6) is 0 Å². The van der Waals surface area contributed by atoms with Crippen LogP contribution in [-0.4, -0.2) is 21.1 Å². The van der Waals surface area contributed by atoms with Gasteiger partial charge in [0.25, 0.3) is 0 Å². The standard InChI is InChI=1S/C16H10F3N3O/c17-16(18,19)12-1-3-14(4-2-12)22-15(9-13(10-23)21-22)11-5-7-20-8-6-11/h1-10H. The monoisotopic (exact) mass is 317 g/mol. The number of rotatable bonds is 3. The van der Waals surface area contributed by atoms with Gasteiger partial charge in [0.15, 0.2) is 6.29 Å². The lowest BCUT2D eigenvalue weighted by Gasteiger charge is -2.10. The van der Waals surface area contributed by atoms with Gasteiger partial charge in [-0.1, -0.05) is 0 Å². The molecule has 0 saturated heterocycles. The fourth-order valence-electron chi connectivity index (χ4n) is 2.17. The molecule has 0 aliphatic rings. The first-order chi connectivity index (χ1) is 11.0. The van der Waals surface area contributed by atoms with Crippen molar-refractivity contribution in [3.8, 4) is 16.9 Å². The quantitative estimate of drug-likeness (QED) is 0.691. The van der Waals surface area contributed by atoms with Crippen LogP contribution in [0.1, 0.15) is 16.1 Å². The van der Waals surface area contributed by atoms with Gasteiger partial charge in [-0.15, -0.1) is 0 Å². The summed E-state index contributed by atoms with van der Waals surface area (Å²) >= 11 is 0. The maximum Gasteiger partial charge on any atom is 0.416 e. The second kappa shape index (κ2) is 5.68. The highest BCUT2D eigenvalue weighted by Gasteiger charge is 2.30. The molecule has 0 fully saturated rings. The van der Waals surface area contributed by atoms with Crippen LogP contribution >= 0.6 is 0 Å². The molecule has 2 heterocycles. The minimum Gasteiger partial charge on any atom is -0.296 e. The molecule has 0 atom stereocenters. The van der Waals surface area contributed by atoms with E-state index in [-0.39, 0.29) is 5.69 Å². The first kappa shape index (κ1) is 15.0. The van der Waals surface area contributed by atoms with Gasteiger partial charge in [-0.05, 0) is 42.5 Å².